The van der Waals surface area contributed by atoms with Gasteiger partial charge in [0.05, 0.1) is 22.4 Å². The van der Waals surface area contributed by atoms with Crippen LogP contribution in [0.3, 0.4) is 0 Å². The molecule has 0 radical (unpaired) electrons. The summed E-state index contributed by atoms with van der Waals surface area (Å²) in [7, 11) is 0. The van der Waals surface area contributed by atoms with Gasteiger partial charge in [-0.15, -0.1) is 0 Å². The van der Waals surface area contributed by atoms with Crippen LogP contribution in [0.5, 0.6) is 0 Å². The number of benzene rings is 3. The number of carbonyl (C=O) groups is 6. The first-order chi connectivity index (χ1) is 31.8. The summed E-state index contributed by atoms with van der Waals surface area (Å²) in [5.74, 6) is -3.49. The lowest BCUT2D eigenvalue weighted by molar-refractivity contribution is -0.138. The third-order valence-corrected chi connectivity index (χ3v) is 11.6. The summed E-state index contributed by atoms with van der Waals surface area (Å²) in [6, 6.07) is 28.9. The SMILES string of the molecule is CSCC[C@H](NC(C)=O)C(=O)N[C@@H](CC(C)C)C(=O)N[C@@H](Cc1ccccc1)C(=O)N[C@@H](CCCCN(Cc1ccc2ccccc2n1)Cc1ccc2ccccc2n1)C(=O)NCC(=O)O. The number of unbranched alkanes of at least 4 members (excludes halogenated alkanes) is 1. The lowest BCUT2D eigenvalue weighted by atomic mass is 10.00. The van der Waals surface area contributed by atoms with E-state index in [-0.39, 0.29) is 31.1 Å². The van der Waals surface area contributed by atoms with E-state index in [9.17, 15) is 33.9 Å². The van der Waals surface area contributed by atoms with E-state index in [1.165, 1.54) is 18.7 Å². The molecule has 2 aromatic heterocycles. The number of hydrogen-bond donors (Lipinski definition) is 6. The first-order valence-corrected chi connectivity index (χ1v) is 23.8. The predicted molar refractivity (Wildman–Crippen MR) is 258 cm³/mol. The van der Waals surface area contributed by atoms with Gasteiger partial charge in [-0.05, 0) is 86.4 Å². The van der Waals surface area contributed by atoms with Crippen LogP contribution < -0.4 is 26.6 Å². The molecule has 0 aliphatic rings. The van der Waals surface area contributed by atoms with Crippen LogP contribution in [-0.4, -0.2) is 105 Å². The van der Waals surface area contributed by atoms with Gasteiger partial charge >= 0.3 is 5.97 Å². The summed E-state index contributed by atoms with van der Waals surface area (Å²) in [6.07, 6.45) is 3.81. The zero-order chi connectivity index (χ0) is 47.4. The molecular weight excluding hydrogens is 857 g/mol. The number of para-hydroxylation sites is 2. The van der Waals surface area contributed by atoms with Crippen LogP contribution in [0.2, 0.25) is 0 Å². The molecule has 0 aliphatic carbocycles. The summed E-state index contributed by atoms with van der Waals surface area (Å²) < 4.78 is 0. The Morgan fingerprint density at radius 1 is 0.621 bits per heavy atom. The Labute approximate surface area is 390 Å². The molecule has 2 heterocycles. The molecule has 3 aromatic carbocycles. The van der Waals surface area contributed by atoms with Crippen LogP contribution in [0.4, 0.5) is 0 Å². The summed E-state index contributed by atoms with van der Waals surface area (Å²) in [4.78, 5) is 91.0. The van der Waals surface area contributed by atoms with Gasteiger partial charge in [-0.3, -0.25) is 43.6 Å². The summed E-state index contributed by atoms with van der Waals surface area (Å²) in [5, 5.41) is 25.0. The zero-order valence-electron chi connectivity index (χ0n) is 38.1. The minimum Gasteiger partial charge on any atom is -0.480 e. The minimum absolute atomic E-state index is 0.0289. The monoisotopic (exact) mass is 918 g/mol. The van der Waals surface area contributed by atoms with E-state index in [0.717, 1.165) is 38.8 Å². The van der Waals surface area contributed by atoms with E-state index in [1.807, 2.05) is 111 Å². The van der Waals surface area contributed by atoms with Gasteiger partial charge in [-0.1, -0.05) is 92.7 Å². The quantitative estimate of drug-likeness (QED) is 0.0399. The normalized spacial score (nSPS) is 13.1. The number of nitrogens with zero attached hydrogens (tertiary/aromatic N) is 3. The molecule has 4 atom stereocenters. The Hall–Kier alpha value is -6.39. The standard InChI is InChI=1S/C50H62N8O7S/c1-33(2)28-44(56-48(63)43(25-27-66-4)52-34(3)59)49(64)57-45(29-35-14-6-5-7-15-35)50(65)55-42(47(62)51-30-46(60)61)20-12-13-26-58(31-38-23-21-36-16-8-10-18-40(36)53-38)32-39-24-22-37-17-9-11-19-41(37)54-39/h5-11,14-19,21-24,33,42-45H,12-13,20,25-32H2,1-4H3,(H,51,62)(H,52,59)(H,55,65)(H,56,63)(H,57,64)(H,60,61)/t42-,43-,44-,45-/m0/s1. The van der Waals surface area contributed by atoms with E-state index in [0.29, 0.717) is 44.6 Å². The van der Waals surface area contributed by atoms with E-state index in [2.05, 4.69) is 43.6 Å². The average Bonchev–Trinajstić information content (AvgIpc) is 3.29. The second kappa shape index (κ2) is 25.9. The van der Waals surface area contributed by atoms with Crippen molar-refractivity contribution in [2.75, 3.05) is 25.1 Å². The van der Waals surface area contributed by atoms with Crippen molar-refractivity contribution in [1.82, 2.24) is 41.5 Å². The second-order valence-corrected chi connectivity index (χ2v) is 17.8. The number of rotatable bonds is 26. The van der Waals surface area contributed by atoms with Crippen LogP contribution in [-0.2, 0) is 48.3 Å². The number of thioether (sulfide) groups is 1. The molecule has 5 aromatic rings. The maximum absolute atomic E-state index is 14.3. The van der Waals surface area contributed by atoms with Gasteiger partial charge in [0.15, 0.2) is 0 Å². The van der Waals surface area contributed by atoms with Crippen molar-refractivity contribution in [2.45, 2.75) is 96.6 Å². The number of carbonyl (C=O) groups excluding carboxylic acids is 5. The molecule has 15 nitrogen and oxygen atoms in total. The highest BCUT2D eigenvalue weighted by molar-refractivity contribution is 7.98. The van der Waals surface area contributed by atoms with Gasteiger partial charge in [0, 0.05) is 37.2 Å². The Kier molecular flexibility index (Phi) is 19.9. The highest BCUT2D eigenvalue weighted by atomic mass is 32.2. The highest BCUT2D eigenvalue weighted by Gasteiger charge is 2.32. The lowest BCUT2D eigenvalue weighted by Gasteiger charge is -2.27. The predicted octanol–water partition coefficient (Wildman–Crippen LogP) is 5.16. The molecule has 5 amide bonds. The first-order valence-electron chi connectivity index (χ1n) is 22.4. The molecule has 5 rings (SSSR count). The van der Waals surface area contributed by atoms with Gasteiger partial charge in [-0.25, -0.2) is 0 Å². The third-order valence-electron chi connectivity index (χ3n) is 10.9. The maximum atomic E-state index is 14.3. The number of aliphatic carboxylic acids is 1. The van der Waals surface area contributed by atoms with E-state index < -0.39 is 60.3 Å². The smallest absolute Gasteiger partial charge is 0.322 e. The third kappa shape index (κ3) is 16.6. The van der Waals surface area contributed by atoms with E-state index >= 15 is 0 Å². The Balaban J connectivity index is 1.32. The van der Waals surface area contributed by atoms with Gasteiger partial charge in [0.2, 0.25) is 29.5 Å². The van der Waals surface area contributed by atoms with Gasteiger partial charge in [0.25, 0.3) is 0 Å². The molecule has 0 bridgehead atoms. The number of nitrogens with one attached hydrogen (secondary N) is 5. The second-order valence-electron chi connectivity index (χ2n) is 16.8. The molecule has 0 unspecified atom stereocenters. The Bertz CT molecular complexity index is 2340. The summed E-state index contributed by atoms with van der Waals surface area (Å²) in [6.45, 7) is 6.14. The van der Waals surface area contributed by atoms with Crippen LogP contribution >= 0.6 is 11.8 Å². The van der Waals surface area contributed by atoms with E-state index in [1.54, 1.807) is 0 Å². The van der Waals surface area contributed by atoms with Crippen molar-refractivity contribution in [3.8, 4) is 0 Å². The van der Waals surface area contributed by atoms with Crippen molar-refractivity contribution >= 4 is 69.1 Å². The fraction of sp³-hybridized carbons (Fsp3) is 0.400. The fourth-order valence-electron chi connectivity index (χ4n) is 7.63. The molecule has 0 saturated heterocycles. The lowest BCUT2D eigenvalue weighted by Crippen LogP contribution is -2.59. The average molecular weight is 919 g/mol. The zero-order valence-corrected chi connectivity index (χ0v) is 38.9. The number of fused-ring (bicyclic) bond motifs is 2. The van der Waals surface area contributed by atoms with Crippen molar-refractivity contribution in [3.05, 3.63) is 120 Å². The number of hydrogen-bond acceptors (Lipinski definition) is 10. The molecule has 350 valence electrons. The first kappa shape index (κ1) is 50.6. The van der Waals surface area contributed by atoms with Crippen LogP contribution in [0, 0.1) is 5.92 Å². The maximum Gasteiger partial charge on any atom is 0.322 e. The van der Waals surface area contributed by atoms with Crippen LogP contribution in [0.15, 0.2) is 103 Å². The number of carboxylic acids is 1. The molecule has 6 N–H and O–H groups in total. The summed E-state index contributed by atoms with van der Waals surface area (Å²) >= 11 is 1.52. The van der Waals surface area contributed by atoms with Gasteiger partial charge in [-0.2, -0.15) is 11.8 Å². The minimum atomic E-state index is -1.24. The molecule has 0 aliphatic heterocycles. The molecular formula is C50H62N8O7S. The van der Waals surface area contributed by atoms with Crippen LogP contribution in [0.25, 0.3) is 21.8 Å². The molecule has 16 heteroatoms. The number of amides is 5. The topological polar surface area (TPSA) is 212 Å². The molecule has 0 fully saturated rings. The molecule has 66 heavy (non-hydrogen) atoms. The Morgan fingerprint density at radius 3 is 1.73 bits per heavy atom. The number of pyridine rings is 2. The van der Waals surface area contributed by atoms with Crippen molar-refractivity contribution in [2.24, 2.45) is 5.92 Å². The van der Waals surface area contributed by atoms with Crippen molar-refractivity contribution in [1.29, 1.82) is 0 Å². The Morgan fingerprint density at radius 2 is 1.15 bits per heavy atom. The van der Waals surface area contributed by atoms with E-state index in [4.69, 9.17) is 9.97 Å². The fourth-order valence-corrected chi connectivity index (χ4v) is 8.10. The highest BCUT2D eigenvalue weighted by Crippen LogP contribution is 2.18. The number of carboxylic acid groups (broad SMARTS) is 1. The van der Waals surface area contributed by atoms with Crippen LogP contribution in [0.1, 0.15) is 69.8 Å². The van der Waals surface area contributed by atoms with Crippen molar-refractivity contribution < 1.29 is 33.9 Å². The number of aromatic nitrogens is 2. The largest absolute Gasteiger partial charge is 0.480 e. The molecule has 0 spiro atoms. The van der Waals surface area contributed by atoms with Crippen molar-refractivity contribution in [3.63, 3.8) is 0 Å². The summed E-state index contributed by atoms with van der Waals surface area (Å²) in [5.41, 5.74) is 4.29. The molecule has 0 saturated carbocycles. The van der Waals surface area contributed by atoms with Gasteiger partial charge < -0.3 is 31.7 Å². The van der Waals surface area contributed by atoms with Gasteiger partial charge in [0.1, 0.15) is 30.7 Å².